The van der Waals surface area contributed by atoms with Crippen LogP contribution in [0, 0.1) is 10.1 Å². The highest BCUT2D eigenvalue weighted by Crippen LogP contribution is 2.33. The Bertz CT molecular complexity index is 904. The molecular weight excluding hydrogens is 451 g/mol. The molecule has 0 aliphatic heterocycles. The van der Waals surface area contributed by atoms with Gasteiger partial charge in [0.25, 0.3) is 5.09 Å². The summed E-state index contributed by atoms with van der Waals surface area (Å²) >= 11 is 12.4. The number of esters is 2. The fourth-order valence-electron chi connectivity index (χ4n) is 2.47. The van der Waals surface area contributed by atoms with E-state index >= 15 is 0 Å². The van der Waals surface area contributed by atoms with Crippen LogP contribution in [0.15, 0.2) is 42.5 Å². The van der Waals surface area contributed by atoms with Gasteiger partial charge < -0.3 is 19.6 Å². The second kappa shape index (κ2) is 12.6. The smallest absolute Gasteiger partial charge is 0.344 e. The summed E-state index contributed by atoms with van der Waals surface area (Å²) in [6, 6.07) is 12.1. The zero-order valence-corrected chi connectivity index (χ0v) is 17.9. The van der Waals surface area contributed by atoms with Gasteiger partial charge in [-0.15, -0.1) is 10.1 Å². The van der Waals surface area contributed by atoms with Crippen LogP contribution in [0.4, 0.5) is 11.4 Å². The van der Waals surface area contributed by atoms with Crippen molar-refractivity contribution in [3.05, 3.63) is 68.2 Å². The quantitative estimate of drug-likeness (QED) is 0.210. The number of anilines is 2. The molecule has 1 N–H and O–H groups in total. The summed E-state index contributed by atoms with van der Waals surface area (Å²) in [5.74, 6) is -1.33. The second-order valence-corrected chi connectivity index (χ2v) is 7.02. The summed E-state index contributed by atoms with van der Waals surface area (Å²) in [6.45, 7) is -0.564. The highest BCUT2D eigenvalue weighted by molar-refractivity contribution is 6.39. The van der Waals surface area contributed by atoms with E-state index in [2.05, 4.69) is 10.2 Å². The highest BCUT2D eigenvalue weighted by Gasteiger charge is 2.14. The number of nitrogens with one attached hydrogen (secondary N) is 1. The van der Waals surface area contributed by atoms with Gasteiger partial charge in [-0.05, 0) is 36.6 Å². The van der Waals surface area contributed by atoms with E-state index in [4.69, 9.17) is 32.7 Å². The first-order valence-electron chi connectivity index (χ1n) is 9.24. The van der Waals surface area contributed by atoms with E-state index in [1.807, 2.05) is 0 Å². The van der Waals surface area contributed by atoms with Crippen LogP contribution in [0.3, 0.4) is 0 Å². The first kappa shape index (κ1) is 24.2. The Morgan fingerprint density at radius 2 is 1.61 bits per heavy atom. The standard InChI is InChI=1S/C20H20Cl2N2O7/c21-15-7-5-8-16(22)20(15)23-17-9-2-1-6-14(17)12-18(25)30-13-19(26)29-10-3-4-11-31-24(27)28/h1-2,5-9,23H,3-4,10-13H2. The Labute approximate surface area is 188 Å². The Hall–Kier alpha value is -3.04. The van der Waals surface area contributed by atoms with Crippen molar-refractivity contribution in [3.63, 3.8) is 0 Å². The Morgan fingerprint density at radius 3 is 2.32 bits per heavy atom. The molecule has 0 aliphatic rings. The summed E-state index contributed by atoms with van der Waals surface area (Å²) < 4.78 is 9.86. The summed E-state index contributed by atoms with van der Waals surface area (Å²) in [6.07, 6.45) is 0.654. The topological polar surface area (TPSA) is 117 Å². The molecule has 11 heteroatoms. The average Bonchev–Trinajstić information content (AvgIpc) is 2.73. The van der Waals surface area contributed by atoms with E-state index in [0.717, 1.165) is 0 Å². The first-order chi connectivity index (χ1) is 14.9. The van der Waals surface area contributed by atoms with Crippen LogP contribution in [0.2, 0.25) is 10.0 Å². The summed E-state index contributed by atoms with van der Waals surface area (Å²) in [5, 5.41) is 13.1. The SMILES string of the molecule is O=C(COC(=O)Cc1ccccc1Nc1c(Cl)cccc1Cl)OCCCCO[N+](=O)[O-]. The third-order valence-corrected chi connectivity index (χ3v) is 4.55. The van der Waals surface area contributed by atoms with Crippen LogP contribution < -0.4 is 5.32 Å². The monoisotopic (exact) mass is 470 g/mol. The summed E-state index contributed by atoms with van der Waals surface area (Å²) in [7, 11) is 0. The van der Waals surface area contributed by atoms with Gasteiger partial charge in [0.1, 0.15) is 0 Å². The predicted octanol–water partition coefficient (Wildman–Crippen LogP) is 4.35. The van der Waals surface area contributed by atoms with Gasteiger partial charge in [0.2, 0.25) is 0 Å². The van der Waals surface area contributed by atoms with Gasteiger partial charge in [-0.2, -0.15) is 0 Å². The van der Waals surface area contributed by atoms with Crippen LogP contribution in [-0.2, 0) is 30.3 Å². The van der Waals surface area contributed by atoms with Gasteiger partial charge in [-0.25, -0.2) is 4.79 Å². The number of hydrogen-bond donors (Lipinski definition) is 1. The van der Waals surface area contributed by atoms with Crippen molar-refractivity contribution in [1.29, 1.82) is 0 Å². The minimum atomic E-state index is -0.887. The highest BCUT2D eigenvalue weighted by atomic mass is 35.5. The van der Waals surface area contributed by atoms with Crippen LogP contribution in [0.5, 0.6) is 0 Å². The molecule has 0 saturated carbocycles. The van der Waals surface area contributed by atoms with E-state index < -0.39 is 23.6 Å². The van der Waals surface area contributed by atoms with Crippen LogP contribution in [0.1, 0.15) is 18.4 Å². The van der Waals surface area contributed by atoms with Gasteiger partial charge in [0.05, 0.1) is 35.4 Å². The van der Waals surface area contributed by atoms with E-state index in [-0.39, 0.29) is 19.6 Å². The van der Waals surface area contributed by atoms with E-state index in [0.29, 0.717) is 39.8 Å². The van der Waals surface area contributed by atoms with E-state index in [1.54, 1.807) is 42.5 Å². The van der Waals surface area contributed by atoms with Gasteiger partial charge in [-0.1, -0.05) is 47.5 Å². The van der Waals surface area contributed by atoms with Crippen molar-refractivity contribution < 1.29 is 29.0 Å². The van der Waals surface area contributed by atoms with Crippen LogP contribution in [0.25, 0.3) is 0 Å². The molecule has 0 unspecified atom stereocenters. The molecule has 0 heterocycles. The molecule has 0 aromatic heterocycles. The zero-order chi connectivity index (χ0) is 22.6. The lowest BCUT2D eigenvalue weighted by Crippen LogP contribution is -2.18. The molecule has 2 rings (SSSR count). The lowest BCUT2D eigenvalue weighted by molar-refractivity contribution is -0.757. The number of para-hydroxylation sites is 2. The lowest BCUT2D eigenvalue weighted by atomic mass is 10.1. The largest absolute Gasteiger partial charge is 0.463 e. The normalized spacial score (nSPS) is 10.3. The number of rotatable bonds is 12. The first-order valence-corrected chi connectivity index (χ1v) is 10.00. The predicted molar refractivity (Wildman–Crippen MR) is 114 cm³/mol. The molecule has 31 heavy (non-hydrogen) atoms. The number of nitrogens with zero attached hydrogens (tertiary/aromatic N) is 1. The Balaban J connectivity index is 1.80. The van der Waals surface area contributed by atoms with Crippen LogP contribution in [-0.4, -0.2) is 36.8 Å². The second-order valence-electron chi connectivity index (χ2n) is 6.20. The number of ether oxygens (including phenoxy) is 2. The molecule has 0 radical (unpaired) electrons. The average molecular weight is 471 g/mol. The molecule has 0 atom stereocenters. The molecule has 0 spiro atoms. The molecule has 0 aliphatic carbocycles. The minimum Gasteiger partial charge on any atom is -0.463 e. The number of carbonyl (C=O) groups is 2. The maximum absolute atomic E-state index is 12.1. The minimum absolute atomic E-state index is 0.0445. The van der Waals surface area contributed by atoms with Crippen LogP contribution >= 0.6 is 23.2 Å². The number of benzene rings is 2. The summed E-state index contributed by atoms with van der Waals surface area (Å²) in [4.78, 5) is 37.9. The maximum atomic E-state index is 12.1. The zero-order valence-electron chi connectivity index (χ0n) is 16.3. The van der Waals surface area contributed by atoms with Crippen molar-refractivity contribution in [1.82, 2.24) is 0 Å². The van der Waals surface area contributed by atoms with E-state index in [9.17, 15) is 19.7 Å². The molecule has 0 bridgehead atoms. The van der Waals surface area contributed by atoms with Crippen molar-refractivity contribution >= 4 is 46.5 Å². The molecule has 9 nitrogen and oxygen atoms in total. The lowest BCUT2D eigenvalue weighted by Gasteiger charge is -2.14. The third kappa shape index (κ3) is 8.69. The number of hydrogen-bond acceptors (Lipinski definition) is 8. The van der Waals surface area contributed by atoms with Crippen molar-refractivity contribution in [2.45, 2.75) is 19.3 Å². The Kier molecular flexibility index (Phi) is 9.86. The molecule has 2 aromatic rings. The van der Waals surface area contributed by atoms with Gasteiger partial charge in [0.15, 0.2) is 6.61 Å². The maximum Gasteiger partial charge on any atom is 0.344 e. The molecule has 166 valence electrons. The molecule has 0 amide bonds. The number of halogens is 2. The summed E-state index contributed by atoms with van der Waals surface area (Å²) in [5.41, 5.74) is 1.76. The van der Waals surface area contributed by atoms with Crippen molar-refractivity contribution in [2.24, 2.45) is 0 Å². The van der Waals surface area contributed by atoms with Gasteiger partial charge in [-0.3, -0.25) is 4.79 Å². The van der Waals surface area contributed by atoms with Crippen molar-refractivity contribution in [2.75, 3.05) is 25.1 Å². The van der Waals surface area contributed by atoms with E-state index in [1.165, 1.54) is 0 Å². The fourth-order valence-corrected chi connectivity index (χ4v) is 2.96. The van der Waals surface area contributed by atoms with Gasteiger partial charge in [0, 0.05) is 5.69 Å². The number of carbonyl (C=O) groups excluding carboxylic acids is 2. The van der Waals surface area contributed by atoms with Crippen molar-refractivity contribution in [3.8, 4) is 0 Å². The third-order valence-electron chi connectivity index (χ3n) is 3.92. The number of unbranched alkanes of at least 4 members (excludes halogenated alkanes) is 1. The van der Waals surface area contributed by atoms with Gasteiger partial charge >= 0.3 is 11.9 Å². The molecule has 0 saturated heterocycles. The molecule has 0 fully saturated rings. The molecule has 2 aromatic carbocycles. The Morgan fingerprint density at radius 1 is 0.935 bits per heavy atom. The molecular formula is C20H20Cl2N2O7. The fraction of sp³-hybridized carbons (Fsp3) is 0.300.